The van der Waals surface area contributed by atoms with E-state index in [1.165, 1.54) is 0 Å². The fraction of sp³-hybridized carbons (Fsp3) is 0.600. The minimum absolute atomic E-state index is 0.226. The zero-order valence-corrected chi connectivity index (χ0v) is 7.06. The lowest BCUT2D eigenvalue weighted by atomic mass is 10.5. The fourth-order valence-corrected chi connectivity index (χ4v) is 0.333. The van der Waals surface area contributed by atoms with Gasteiger partial charge < -0.3 is 9.68 Å². The summed E-state index contributed by atoms with van der Waals surface area (Å²) in [7, 11) is 0. The predicted molar refractivity (Wildman–Crippen MR) is 39.5 cm³/mol. The van der Waals surface area contributed by atoms with Crippen molar-refractivity contribution in [3.05, 3.63) is 0 Å². The number of carbonyl (C=O) groups excluding carboxylic acids is 2. The summed E-state index contributed by atoms with van der Waals surface area (Å²) in [6, 6.07) is 0. The first-order valence-electron chi connectivity index (χ1n) is 2.90. The van der Waals surface area contributed by atoms with Crippen LogP contribution in [-0.4, -0.2) is 17.5 Å². The lowest BCUT2D eigenvalue weighted by molar-refractivity contribution is -0.174. The van der Waals surface area contributed by atoms with E-state index < -0.39 is 11.3 Å². The highest BCUT2D eigenvalue weighted by molar-refractivity contribution is 8.12. The Morgan fingerprint density at radius 3 is 2.55 bits per heavy atom. The molecule has 0 aliphatic heterocycles. The van der Waals surface area contributed by atoms with E-state index in [0.717, 1.165) is 11.8 Å². The van der Waals surface area contributed by atoms with Gasteiger partial charge in [0.2, 0.25) is 0 Å². The molecule has 0 heterocycles. The largest absolute Gasteiger partial charge is 0.388 e. The van der Waals surface area contributed by atoms with Gasteiger partial charge >= 0.3 is 11.3 Å². The van der Waals surface area contributed by atoms with Crippen LogP contribution in [0.2, 0.25) is 0 Å². The third-order valence-corrected chi connectivity index (χ3v) is 1.15. The van der Waals surface area contributed by atoms with Gasteiger partial charge in [-0.2, -0.15) is 0 Å². The Morgan fingerprint density at radius 2 is 2.09 bits per heavy atom. The van der Waals surface area contributed by atoms with E-state index >= 15 is 0 Å². The minimum Gasteiger partial charge on any atom is -0.335 e. The number of carbonyl (C=O) groups is 2. The van der Waals surface area contributed by atoms with Crippen LogP contribution in [0.15, 0.2) is 0 Å². The average molecular weight is 179 g/mol. The number of hydrogen-bond donors (Lipinski definition) is 1. The van der Waals surface area contributed by atoms with Gasteiger partial charge in [-0.25, -0.2) is 4.79 Å². The first-order chi connectivity index (χ1) is 5.20. The van der Waals surface area contributed by atoms with E-state index in [1.807, 2.05) is 0 Å². The van der Waals surface area contributed by atoms with E-state index in [-0.39, 0.29) is 6.42 Å². The molecule has 1 N–H and O–H groups in total. The molecule has 0 unspecified atom stereocenters. The monoisotopic (exact) mass is 179 g/mol. The first-order valence-corrected chi connectivity index (χ1v) is 4.12. The molecule has 0 amide bonds. The molecule has 0 saturated heterocycles. The highest BCUT2D eigenvalue weighted by Gasteiger charge is 2.01. The van der Waals surface area contributed by atoms with Crippen LogP contribution in [0.4, 0.5) is 4.79 Å². The van der Waals surface area contributed by atoms with Crippen molar-refractivity contribution < 1.29 is 19.3 Å². The SMILES string of the molecule is CCC(=O)ONOC(=O)SC. The van der Waals surface area contributed by atoms with Gasteiger partial charge in [-0.3, -0.25) is 4.79 Å². The number of thioether (sulfide) groups is 1. The van der Waals surface area contributed by atoms with Crippen molar-refractivity contribution >= 4 is 23.0 Å². The maximum atomic E-state index is 10.4. The van der Waals surface area contributed by atoms with Crippen molar-refractivity contribution in [1.29, 1.82) is 0 Å². The molecule has 0 atom stereocenters. The summed E-state index contributed by atoms with van der Waals surface area (Å²) >= 11 is 0.869. The van der Waals surface area contributed by atoms with E-state index in [4.69, 9.17) is 0 Å². The molecular formula is C5H9NO4S. The maximum Gasteiger partial charge on any atom is 0.388 e. The molecule has 0 aliphatic rings. The summed E-state index contributed by atoms with van der Waals surface area (Å²) in [5.41, 5.74) is 1.77. The molecule has 5 nitrogen and oxygen atoms in total. The minimum atomic E-state index is -0.561. The molecule has 0 aromatic carbocycles. The van der Waals surface area contributed by atoms with Crippen molar-refractivity contribution in [2.24, 2.45) is 0 Å². The molecule has 0 bridgehead atoms. The molecule has 0 aromatic heterocycles. The van der Waals surface area contributed by atoms with E-state index in [0.29, 0.717) is 0 Å². The van der Waals surface area contributed by atoms with Crippen molar-refractivity contribution in [1.82, 2.24) is 5.64 Å². The molecule has 0 aliphatic carbocycles. The van der Waals surface area contributed by atoms with Gasteiger partial charge in [0.15, 0.2) is 0 Å². The van der Waals surface area contributed by atoms with Gasteiger partial charge in [0.05, 0.1) is 0 Å². The molecule has 0 radical (unpaired) electrons. The second kappa shape index (κ2) is 5.99. The average Bonchev–Trinajstić information content (AvgIpc) is 2.04. The van der Waals surface area contributed by atoms with Crippen LogP contribution in [0.5, 0.6) is 0 Å². The molecule has 0 spiro atoms. The summed E-state index contributed by atoms with van der Waals surface area (Å²) in [4.78, 5) is 29.2. The zero-order chi connectivity index (χ0) is 8.69. The van der Waals surface area contributed by atoms with Crippen LogP contribution in [0.3, 0.4) is 0 Å². The quantitative estimate of drug-likeness (QED) is 0.648. The van der Waals surface area contributed by atoms with Gasteiger partial charge in [0.1, 0.15) is 0 Å². The van der Waals surface area contributed by atoms with Crippen molar-refractivity contribution in [3.63, 3.8) is 0 Å². The smallest absolute Gasteiger partial charge is 0.335 e. The van der Waals surface area contributed by atoms with Gasteiger partial charge in [-0.15, -0.1) is 0 Å². The van der Waals surface area contributed by atoms with Crippen LogP contribution in [0.25, 0.3) is 0 Å². The Balaban J connectivity index is 3.27. The molecule has 11 heavy (non-hydrogen) atoms. The maximum absolute atomic E-state index is 10.4. The molecule has 0 fully saturated rings. The fourth-order valence-electron chi connectivity index (χ4n) is 0.215. The summed E-state index contributed by atoms with van der Waals surface area (Å²) in [6.07, 6.45) is 1.77. The number of nitrogens with one attached hydrogen (secondary N) is 1. The van der Waals surface area contributed by atoms with E-state index in [9.17, 15) is 9.59 Å². The molecule has 64 valence electrons. The number of hydrogen-bond acceptors (Lipinski definition) is 6. The molecular weight excluding hydrogens is 170 g/mol. The van der Waals surface area contributed by atoms with Gasteiger partial charge in [-0.1, -0.05) is 6.92 Å². The Bertz CT molecular complexity index is 133. The Kier molecular flexibility index (Phi) is 5.58. The van der Waals surface area contributed by atoms with Crippen molar-refractivity contribution in [2.75, 3.05) is 6.26 Å². The molecule has 6 heteroatoms. The lowest BCUT2D eigenvalue weighted by Gasteiger charge is -2.01. The molecule has 0 rings (SSSR count). The summed E-state index contributed by atoms with van der Waals surface area (Å²) in [5, 5.41) is -0.561. The summed E-state index contributed by atoms with van der Waals surface area (Å²) < 4.78 is 0. The Hall–Kier alpha value is -0.750. The van der Waals surface area contributed by atoms with E-state index in [1.54, 1.807) is 18.8 Å². The van der Waals surface area contributed by atoms with Crippen molar-refractivity contribution in [3.8, 4) is 0 Å². The van der Waals surface area contributed by atoms with Gasteiger partial charge in [0, 0.05) is 12.1 Å². The van der Waals surface area contributed by atoms with Gasteiger partial charge in [-0.05, 0) is 18.0 Å². The van der Waals surface area contributed by atoms with Crippen LogP contribution in [0.1, 0.15) is 13.3 Å². The Morgan fingerprint density at radius 1 is 1.45 bits per heavy atom. The predicted octanol–water partition coefficient (Wildman–Crippen LogP) is 0.859. The van der Waals surface area contributed by atoms with Crippen LogP contribution >= 0.6 is 11.8 Å². The second-order valence-electron chi connectivity index (χ2n) is 1.47. The van der Waals surface area contributed by atoms with Crippen molar-refractivity contribution in [2.45, 2.75) is 13.3 Å². The van der Waals surface area contributed by atoms with Crippen LogP contribution < -0.4 is 5.64 Å². The van der Waals surface area contributed by atoms with Gasteiger partial charge in [0.25, 0.3) is 0 Å². The van der Waals surface area contributed by atoms with Crippen LogP contribution in [0, 0.1) is 0 Å². The third-order valence-electron chi connectivity index (χ3n) is 0.736. The second-order valence-corrected chi connectivity index (χ2v) is 2.21. The standard InChI is InChI=1S/C5H9NO4S/c1-3-4(7)9-6-10-5(8)11-2/h6H,3H2,1-2H3. The molecule has 0 saturated carbocycles. The lowest BCUT2D eigenvalue weighted by Crippen LogP contribution is -2.21. The first kappa shape index (κ1) is 10.2. The normalized spacial score (nSPS) is 8.91. The topological polar surface area (TPSA) is 64.6 Å². The summed E-state index contributed by atoms with van der Waals surface area (Å²) in [6.45, 7) is 1.63. The van der Waals surface area contributed by atoms with Crippen LogP contribution in [-0.2, 0) is 14.5 Å². The zero-order valence-electron chi connectivity index (χ0n) is 6.25. The highest BCUT2D eigenvalue weighted by atomic mass is 32.2. The number of rotatable bonds is 3. The third kappa shape index (κ3) is 5.68. The van der Waals surface area contributed by atoms with E-state index in [2.05, 4.69) is 9.68 Å². The molecule has 0 aromatic rings. The Labute approximate surface area is 68.3 Å². The highest BCUT2D eigenvalue weighted by Crippen LogP contribution is 1.95. The summed E-state index contributed by atoms with van der Waals surface area (Å²) in [5.74, 6) is -0.487.